The maximum Gasteiger partial charge on any atom is 0.306 e. The smallest absolute Gasteiger partial charge is 0.306 e. The lowest BCUT2D eigenvalue weighted by molar-refractivity contribution is -0.154. The zero-order chi connectivity index (χ0) is 24.6. The van der Waals surface area contributed by atoms with Crippen LogP contribution in [0, 0.1) is 11.8 Å². The lowest BCUT2D eigenvalue weighted by Gasteiger charge is -2.24. The van der Waals surface area contributed by atoms with Gasteiger partial charge in [-0.2, -0.15) is 0 Å². The molecule has 0 saturated heterocycles. The SMILES string of the molecule is C.CCCCCCCC/C=C/CCCCCCCCCCCCCC(=O)OC(C(C)C)C(C)C. The van der Waals surface area contributed by atoms with E-state index in [0.29, 0.717) is 18.3 Å². The first-order valence-corrected chi connectivity index (χ1v) is 14.8. The molecule has 0 bridgehead atoms. The largest absolute Gasteiger partial charge is 0.462 e. The van der Waals surface area contributed by atoms with Gasteiger partial charge in [0.25, 0.3) is 0 Å². The third-order valence-corrected chi connectivity index (χ3v) is 6.72. The summed E-state index contributed by atoms with van der Waals surface area (Å²) >= 11 is 0. The van der Waals surface area contributed by atoms with Crippen molar-refractivity contribution in [2.75, 3.05) is 0 Å². The van der Waals surface area contributed by atoms with Gasteiger partial charge in [-0.3, -0.25) is 4.79 Å². The lowest BCUT2D eigenvalue weighted by Crippen LogP contribution is -2.28. The third kappa shape index (κ3) is 24.3. The van der Waals surface area contributed by atoms with Gasteiger partial charge in [0.1, 0.15) is 6.10 Å². The van der Waals surface area contributed by atoms with Crippen molar-refractivity contribution in [2.24, 2.45) is 11.8 Å². The minimum absolute atomic E-state index is 0. The van der Waals surface area contributed by atoms with Gasteiger partial charge in [-0.15, -0.1) is 0 Å². The van der Waals surface area contributed by atoms with Crippen LogP contribution < -0.4 is 0 Å². The molecule has 0 aromatic heterocycles. The van der Waals surface area contributed by atoms with Crippen LogP contribution >= 0.6 is 0 Å². The van der Waals surface area contributed by atoms with Crippen LogP contribution in [0.4, 0.5) is 0 Å². The fraction of sp³-hybridized carbons (Fsp3) is 0.906. The highest BCUT2D eigenvalue weighted by atomic mass is 16.5. The molecule has 0 fully saturated rings. The quantitative estimate of drug-likeness (QED) is 0.0779. The molecule has 2 nitrogen and oxygen atoms in total. The van der Waals surface area contributed by atoms with Crippen LogP contribution in [0.5, 0.6) is 0 Å². The molecule has 0 rings (SSSR count). The summed E-state index contributed by atoms with van der Waals surface area (Å²) < 4.78 is 5.67. The summed E-state index contributed by atoms with van der Waals surface area (Å²) in [6.07, 6.45) is 30.9. The molecule has 0 unspecified atom stereocenters. The summed E-state index contributed by atoms with van der Waals surface area (Å²) in [6.45, 7) is 10.8. The highest BCUT2D eigenvalue weighted by Crippen LogP contribution is 2.18. The van der Waals surface area contributed by atoms with Crippen LogP contribution in [0.2, 0.25) is 0 Å². The highest BCUT2D eigenvalue weighted by molar-refractivity contribution is 5.69. The minimum atomic E-state index is -0.00399. The number of rotatable bonds is 24. The molecule has 0 radical (unpaired) electrons. The van der Waals surface area contributed by atoms with E-state index in [4.69, 9.17) is 4.74 Å². The number of esters is 1. The molecule has 0 heterocycles. The van der Waals surface area contributed by atoms with E-state index in [2.05, 4.69) is 46.8 Å². The van der Waals surface area contributed by atoms with E-state index < -0.39 is 0 Å². The Labute approximate surface area is 216 Å². The average molecular weight is 481 g/mol. The monoisotopic (exact) mass is 480 g/mol. The Hall–Kier alpha value is -0.790. The fourth-order valence-corrected chi connectivity index (χ4v) is 4.65. The van der Waals surface area contributed by atoms with Gasteiger partial charge in [-0.25, -0.2) is 0 Å². The second-order valence-corrected chi connectivity index (χ2v) is 10.9. The Kier molecular flexibility index (Phi) is 27.9. The van der Waals surface area contributed by atoms with E-state index >= 15 is 0 Å². The molecule has 0 aliphatic rings. The second kappa shape index (κ2) is 26.8. The molecule has 0 saturated carbocycles. The molecule has 0 aliphatic heterocycles. The number of hydrogen-bond donors (Lipinski definition) is 0. The van der Waals surface area contributed by atoms with Gasteiger partial charge in [0.2, 0.25) is 0 Å². The van der Waals surface area contributed by atoms with Gasteiger partial charge in [0.05, 0.1) is 0 Å². The molecule has 2 heteroatoms. The van der Waals surface area contributed by atoms with Crippen molar-refractivity contribution in [1.82, 2.24) is 0 Å². The zero-order valence-electron chi connectivity index (χ0n) is 23.3. The van der Waals surface area contributed by atoms with Gasteiger partial charge in [0.15, 0.2) is 0 Å². The maximum absolute atomic E-state index is 12.0. The molecule has 204 valence electrons. The molecular formula is C32H64O2. The van der Waals surface area contributed by atoms with Crippen molar-refractivity contribution in [1.29, 1.82) is 0 Å². The van der Waals surface area contributed by atoms with Crippen molar-refractivity contribution in [3.05, 3.63) is 12.2 Å². The van der Waals surface area contributed by atoms with Crippen LogP contribution in [0.3, 0.4) is 0 Å². The van der Waals surface area contributed by atoms with Crippen LogP contribution in [0.25, 0.3) is 0 Å². The molecule has 0 amide bonds. The van der Waals surface area contributed by atoms with Crippen molar-refractivity contribution >= 4 is 5.97 Å². The number of ether oxygens (including phenoxy) is 1. The summed E-state index contributed by atoms with van der Waals surface area (Å²) in [5.74, 6) is 0.784. The molecule has 0 atom stereocenters. The molecular weight excluding hydrogens is 416 g/mol. The van der Waals surface area contributed by atoms with E-state index in [1.165, 1.54) is 109 Å². The first kappa shape index (κ1) is 35.4. The first-order valence-electron chi connectivity index (χ1n) is 14.8. The van der Waals surface area contributed by atoms with E-state index in [1.807, 2.05) is 0 Å². The minimum Gasteiger partial charge on any atom is -0.462 e. The van der Waals surface area contributed by atoms with Crippen molar-refractivity contribution in [3.8, 4) is 0 Å². The number of carbonyl (C=O) groups is 1. The Morgan fingerprint density at radius 3 is 1.32 bits per heavy atom. The summed E-state index contributed by atoms with van der Waals surface area (Å²) in [4.78, 5) is 12.0. The van der Waals surface area contributed by atoms with Crippen LogP contribution in [-0.4, -0.2) is 12.1 Å². The van der Waals surface area contributed by atoms with Crippen molar-refractivity contribution in [3.63, 3.8) is 0 Å². The molecule has 0 N–H and O–H groups in total. The summed E-state index contributed by atoms with van der Waals surface area (Å²) in [5.41, 5.74) is 0. The van der Waals surface area contributed by atoms with Gasteiger partial charge in [0, 0.05) is 6.42 Å². The first-order chi connectivity index (χ1) is 16.0. The Balaban J connectivity index is 0. The number of unbranched alkanes of at least 4 members (excludes halogenated alkanes) is 17. The summed E-state index contributed by atoms with van der Waals surface area (Å²) in [6, 6.07) is 0. The summed E-state index contributed by atoms with van der Waals surface area (Å²) in [7, 11) is 0. The van der Waals surface area contributed by atoms with E-state index in [1.54, 1.807) is 0 Å². The van der Waals surface area contributed by atoms with Crippen molar-refractivity contribution in [2.45, 2.75) is 177 Å². The molecule has 0 aromatic carbocycles. The van der Waals surface area contributed by atoms with Gasteiger partial charge < -0.3 is 4.74 Å². The maximum atomic E-state index is 12.0. The number of hydrogen-bond acceptors (Lipinski definition) is 2. The molecule has 0 aromatic rings. The van der Waals surface area contributed by atoms with E-state index in [0.717, 1.165) is 12.8 Å². The molecule has 0 spiro atoms. The normalized spacial score (nSPS) is 11.6. The summed E-state index contributed by atoms with van der Waals surface area (Å²) in [5, 5.41) is 0. The highest BCUT2D eigenvalue weighted by Gasteiger charge is 2.21. The number of carbonyl (C=O) groups excluding carboxylic acids is 1. The average Bonchev–Trinajstić information content (AvgIpc) is 2.78. The van der Waals surface area contributed by atoms with Crippen LogP contribution in [0.15, 0.2) is 12.2 Å². The molecule has 34 heavy (non-hydrogen) atoms. The third-order valence-electron chi connectivity index (χ3n) is 6.72. The van der Waals surface area contributed by atoms with Gasteiger partial charge in [-0.05, 0) is 43.9 Å². The lowest BCUT2D eigenvalue weighted by atomic mass is 9.96. The second-order valence-electron chi connectivity index (χ2n) is 10.9. The fourth-order valence-electron chi connectivity index (χ4n) is 4.65. The predicted octanol–water partition coefficient (Wildman–Crippen LogP) is 11.2. The van der Waals surface area contributed by atoms with E-state index in [-0.39, 0.29) is 19.5 Å². The topological polar surface area (TPSA) is 26.3 Å². The van der Waals surface area contributed by atoms with Crippen molar-refractivity contribution < 1.29 is 9.53 Å². The van der Waals surface area contributed by atoms with Gasteiger partial charge in [-0.1, -0.05) is 144 Å². The molecule has 0 aliphatic carbocycles. The van der Waals surface area contributed by atoms with E-state index in [9.17, 15) is 4.79 Å². The van der Waals surface area contributed by atoms with Crippen LogP contribution in [-0.2, 0) is 9.53 Å². The predicted molar refractivity (Wildman–Crippen MR) is 153 cm³/mol. The standard InChI is InChI=1S/C31H60O2.CH4/c1-6-7-8-9-10-11-12-13-14-15-16-17-18-19-20-21-22-23-24-25-26-27-30(32)33-31(28(2)3)29(4)5;/h13-14,28-29,31H,6-12,15-27H2,1-5H3;1H4/b14-13+;. The Bertz CT molecular complexity index is 430. The van der Waals surface area contributed by atoms with Crippen LogP contribution in [0.1, 0.15) is 170 Å². The Morgan fingerprint density at radius 1 is 0.588 bits per heavy atom. The van der Waals surface area contributed by atoms with Gasteiger partial charge >= 0.3 is 5.97 Å². The number of allylic oxidation sites excluding steroid dienone is 2. The Morgan fingerprint density at radius 2 is 0.941 bits per heavy atom. The zero-order valence-corrected chi connectivity index (χ0v) is 23.3.